The molecular formula is C19H27ClN2O3. The molecular weight excluding hydrogens is 340 g/mol. The topological polar surface area (TPSA) is 53.0 Å². The van der Waals surface area contributed by atoms with Crippen LogP contribution in [0.15, 0.2) is 24.3 Å². The summed E-state index contributed by atoms with van der Waals surface area (Å²) in [6.45, 7) is 6.41. The number of piperidine rings is 1. The number of hydrogen-bond donors (Lipinski definition) is 1. The predicted molar refractivity (Wildman–Crippen MR) is 97.9 cm³/mol. The highest BCUT2D eigenvalue weighted by Gasteiger charge is 2.34. The number of rotatable bonds is 6. The van der Waals surface area contributed by atoms with Crippen LogP contribution in [0.4, 0.5) is 0 Å². The molecule has 2 saturated heterocycles. The zero-order chi connectivity index (χ0) is 17.6. The Morgan fingerprint density at radius 2 is 1.92 bits per heavy atom. The van der Waals surface area contributed by atoms with Gasteiger partial charge in [0.1, 0.15) is 0 Å². The molecule has 2 atom stereocenters. The van der Waals surface area contributed by atoms with E-state index in [9.17, 15) is 4.79 Å². The van der Waals surface area contributed by atoms with Crippen molar-refractivity contribution in [3.8, 4) is 0 Å². The van der Waals surface area contributed by atoms with Crippen LogP contribution in [-0.2, 0) is 16.1 Å². The van der Waals surface area contributed by atoms with Gasteiger partial charge in [0, 0.05) is 43.7 Å². The minimum absolute atomic E-state index is 0.250. The van der Waals surface area contributed by atoms with Crippen LogP contribution in [0.3, 0.4) is 0 Å². The minimum atomic E-state index is -0.699. The first-order valence-corrected chi connectivity index (χ1v) is 9.50. The van der Waals surface area contributed by atoms with E-state index in [2.05, 4.69) is 21.9 Å². The first kappa shape index (κ1) is 18.6. The molecule has 2 heterocycles. The molecule has 0 aliphatic carbocycles. The summed E-state index contributed by atoms with van der Waals surface area (Å²) in [5, 5.41) is 9.87. The molecule has 138 valence electrons. The van der Waals surface area contributed by atoms with Gasteiger partial charge in [0.25, 0.3) is 0 Å². The fourth-order valence-electron chi connectivity index (χ4n) is 4.07. The van der Waals surface area contributed by atoms with Crippen molar-refractivity contribution in [1.29, 1.82) is 0 Å². The quantitative estimate of drug-likeness (QED) is 0.839. The van der Waals surface area contributed by atoms with E-state index in [0.717, 1.165) is 63.8 Å². The van der Waals surface area contributed by atoms with Crippen molar-refractivity contribution in [2.45, 2.75) is 31.8 Å². The second-order valence-electron chi connectivity index (χ2n) is 7.06. The normalized spacial score (nSPS) is 25.8. The summed E-state index contributed by atoms with van der Waals surface area (Å²) in [7, 11) is 0. The molecule has 1 aromatic rings. The van der Waals surface area contributed by atoms with Gasteiger partial charge in [-0.15, -0.1) is 0 Å². The molecule has 2 aliphatic rings. The number of aliphatic carboxylic acids is 1. The first-order valence-electron chi connectivity index (χ1n) is 9.12. The van der Waals surface area contributed by atoms with Gasteiger partial charge in [-0.2, -0.15) is 0 Å². The average Bonchev–Trinajstić information content (AvgIpc) is 2.63. The van der Waals surface area contributed by atoms with E-state index in [4.69, 9.17) is 21.4 Å². The van der Waals surface area contributed by atoms with Crippen LogP contribution >= 0.6 is 11.6 Å². The Morgan fingerprint density at radius 1 is 1.20 bits per heavy atom. The number of morpholine rings is 1. The summed E-state index contributed by atoms with van der Waals surface area (Å²) in [4.78, 5) is 16.0. The second kappa shape index (κ2) is 8.99. The van der Waals surface area contributed by atoms with Crippen molar-refractivity contribution in [2.24, 2.45) is 5.92 Å². The maximum atomic E-state index is 11.1. The molecule has 3 rings (SSSR count). The van der Waals surface area contributed by atoms with Crippen molar-refractivity contribution in [3.63, 3.8) is 0 Å². The van der Waals surface area contributed by atoms with E-state index in [-0.39, 0.29) is 6.42 Å². The second-order valence-corrected chi connectivity index (χ2v) is 7.49. The smallest absolute Gasteiger partial charge is 0.303 e. The van der Waals surface area contributed by atoms with Gasteiger partial charge < -0.3 is 9.84 Å². The lowest BCUT2D eigenvalue weighted by atomic mass is 9.86. The summed E-state index contributed by atoms with van der Waals surface area (Å²) in [6.07, 6.45) is 2.09. The molecule has 6 heteroatoms. The Labute approximate surface area is 154 Å². The molecule has 0 saturated carbocycles. The third kappa shape index (κ3) is 5.42. The summed E-state index contributed by atoms with van der Waals surface area (Å²) in [6, 6.07) is 8.48. The fourth-order valence-corrected chi connectivity index (χ4v) is 4.20. The molecule has 1 aromatic carbocycles. The Hall–Kier alpha value is -1.14. The van der Waals surface area contributed by atoms with Gasteiger partial charge in [0.2, 0.25) is 0 Å². The highest BCUT2D eigenvalue weighted by atomic mass is 35.5. The molecule has 5 nitrogen and oxygen atoms in total. The molecule has 2 aliphatic heterocycles. The maximum Gasteiger partial charge on any atom is 0.303 e. The molecule has 0 aromatic heterocycles. The van der Waals surface area contributed by atoms with Gasteiger partial charge in [-0.05, 0) is 43.0 Å². The molecule has 0 amide bonds. The van der Waals surface area contributed by atoms with Gasteiger partial charge in [0.15, 0.2) is 0 Å². The number of hydrogen-bond acceptors (Lipinski definition) is 4. The monoisotopic (exact) mass is 366 g/mol. The van der Waals surface area contributed by atoms with Crippen LogP contribution in [0.5, 0.6) is 0 Å². The highest BCUT2D eigenvalue weighted by molar-refractivity contribution is 6.30. The van der Waals surface area contributed by atoms with Crippen molar-refractivity contribution in [1.82, 2.24) is 9.80 Å². The lowest BCUT2D eigenvalue weighted by molar-refractivity contribution is -0.137. The van der Waals surface area contributed by atoms with Crippen LogP contribution in [0, 0.1) is 5.92 Å². The largest absolute Gasteiger partial charge is 0.481 e. The summed E-state index contributed by atoms with van der Waals surface area (Å²) >= 11 is 5.97. The van der Waals surface area contributed by atoms with Gasteiger partial charge >= 0.3 is 5.97 Å². The summed E-state index contributed by atoms with van der Waals surface area (Å²) < 4.78 is 5.48. The molecule has 0 bridgehead atoms. The van der Waals surface area contributed by atoms with Crippen LogP contribution < -0.4 is 0 Å². The number of benzene rings is 1. The van der Waals surface area contributed by atoms with E-state index in [1.807, 2.05) is 12.1 Å². The number of likely N-dealkylation sites (tertiary alicyclic amines) is 1. The Bertz CT molecular complexity index is 560. The standard InChI is InChI=1S/C19H27ClN2O3/c20-17-4-1-15(2-5-17)13-21-8-7-18(22-9-11-25-12-10-22)16(14-21)3-6-19(23)24/h1-2,4-5,16,18H,3,6-14H2,(H,23,24)/t16-,18+/m0/s1. The van der Waals surface area contributed by atoms with E-state index in [0.29, 0.717) is 12.0 Å². The number of carboxylic acids is 1. The Kier molecular flexibility index (Phi) is 6.70. The van der Waals surface area contributed by atoms with Crippen molar-refractivity contribution < 1.29 is 14.6 Å². The van der Waals surface area contributed by atoms with Gasteiger partial charge in [0.05, 0.1) is 13.2 Å². The van der Waals surface area contributed by atoms with Gasteiger partial charge in [-0.25, -0.2) is 0 Å². The van der Waals surface area contributed by atoms with Gasteiger partial charge in [-0.1, -0.05) is 23.7 Å². The van der Waals surface area contributed by atoms with Crippen LogP contribution in [0.1, 0.15) is 24.8 Å². The molecule has 0 radical (unpaired) electrons. The third-order valence-electron chi connectivity index (χ3n) is 5.34. The SMILES string of the molecule is O=C(O)CC[C@H]1CN(Cc2ccc(Cl)cc2)CC[C@H]1N1CCOCC1. The number of ether oxygens (including phenoxy) is 1. The Balaban J connectivity index is 1.62. The molecule has 0 unspecified atom stereocenters. The van der Waals surface area contributed by atoms with Crippen molar-refractivity contribution in [2.75, 3.05) is 39.4 Å². The lowest BCUT2D eigenvalue weighted by Gasteiger charge is -2.45. The van der Waals surface area contributed by atoms with E-state index < -0.39 is 5.97 Å². The third-order valence-corrected chi connectivity index (χ3v) is 5.59. The van der Waals surface area contributed by atoms with Crippen molar-refractivity contribution in [3.05, 3.63) is 34.9 Å². The van der Waals surface area contributed by atoms with Crippen LogP contribution in [0.2, 0.25) is 5.02 Å². The molecule has 1 N–H and O–H groups in total. The predicted octanol–water partition coefficient (Wildman–Crippen LogP) is 2.73. The fraction of sp³-hybridized carbons (Fsp3) is 0.632. The summed E-state index contributed by atoms with van der Waals surface area (Å²) in [5.74, 6) is -0.300. The average molecular weight is 367 g/mol. The number of halogens is 1. The highest BCUT2D eigenvalue weighted by Crippen LogP contribution is 2.28. The maximum absolute atomic E-state index is 11.1. The van der Waals surface area contributed by atoms with Gasteiger partial charge in [-0.3, -0.25) is 14.6 Å². The minimum Gasteiger partial charge on any atom is -0.481 e. The van der Waals surface area contributed by atoms with E-state index in [1.165, 1.54) is 5.56 Å². The summed E-state index contributed by atoms with van der Waals surface area (Å²) in [5.41, 5.74) is 1.26. The number of nitrogens with zero attached hydrogens (tertiary/aromatic N) is 2. The lowest BCUT2D eigenvalue weighted by Crippen LogP contribution is -2.53. The zero-order valence-corrected chi connectivity index (χ0v) is 15.3. The van der Waals surface area contributed by atoms with E-state index in [1.54, 1.807) is 0 Å². The zero-order valence-electron chi connectivity index (χ0n) is 14.6. The molecule has 0 spiro atoms. The number of carbonyl (C=O) groups is 1. The molecule has 2 fully saturated rings. The molecule has 25 heavy (non-hydrogen) atoms. The van der Waals surface area contributed by atoms with Crippen LogP contribution in [-0.4, -0.2) is 66.3 Å². The number of carboxylic acid groups (broad SMARTS) is 1. The van der Waals surface area contributed by atoms with E-state index >= 15 is 0 Å². The van der Waals surface area contributed by atoms with Crippen LogP contribution in [0.25, 0.3) is 0 Å². The van der Waals surface area contributed by atoms with Crippen molar-refractivity contribution >= 4 is 17.6 Å². The first-order chi connectivity index (χ1) is 12.1. The Morgan fingerprint density at radius 3 is 2.60 bits per heavy atom.